The lowest BCUT2D eigenvalue weighted by atomic mass is 10.1. The molecule has 0 radical (unpaired) electrons. The minimum Gasteiger partial charge on any atom is -0.378 e. The third kappa shape index (κ3) is 4.83. The SMILES string of the molecule is CCCCCCn1nc(C(=O)Nc2ccccc2N2CCOCC2)c2ccccc2c1=O. The number of anilines is 2. The zero-order valence-electron chi connectivity index (χ0n) is 18.5. The fraction of sp³-hybridized carbons (Fsp3) is 0.400. The average Bonchev–Trinajstić information content (AvgIpc) is 2.84. The fourth-order valence-electron chi connectivity index (χ4n) is 4.08. The molecule has 0 atom stereocenters. The van der Waals surface area contributed by atoms with Crippen LogP contribution in [0.1, 0.15) is 43.1 Å². The van der Waals surface area contributed by atoms with Crippen LogP contribution in [0.15, 0.2) is 53.3 Å². The van der Waals surface area contributed by atoms with Crippen molar-refractivity contribution in [1.82, 2.24) is 9.78 Å². The molecule has 1 N–H and O–H groups in total. The predicted octanol–water partition coefficient (Wildman–Crippen LogP) is 4.07. The van der Waals surface area contributed by atoms with Crippen LogP contribution in [0.25, 0.3) is 10.8 Å². The molecule has 0 bridgehead atoms. The molecule has 7 heteroatoms. The van der Waals surface area contributed by atoms with E-state index in [1.165, 1.54) is 4.68 Å². The molecule has 1 aliphatic rings. The minimum absolute atomic E-state index is 0.151. The number of amides is 1. The van der Waals surface area contributed by atoms with Gasteiger partial charge < -0.3 is 15.0 Å². The van der Waals surface area contributed by atoms with Crippen molar-refractivity contribution in [3.05, 3.63) is 64.6 Å². The molecular formula is C25H30N4O3. The van der Waals surface area contributed by atoms with E-state index >= 15 is 0 Å². The van der Waals surface area contributed by atoms with Gasteiger partial charge in [0.15, 0.2) is 5.69 Å². The number of carbonyl (C=O) groups is 1. The van der Waals surface area contributed by atoms with Crippen LogP contribution < -0.4 is 15.8 Å². The van der Waals surface area contributed by atoms with E-state index in [0.717, 1.165) is 50.1 Å². The molecule has 1 aliphatic heterocycles. The molecular weight excluding hydrogens is 404 g/mol. The first-order valence-corrected chi connectivity index (χ1v) is 11.4. The summed E-state index contributed by atoms with van der Waals surface area (Å²) >= 11 is 0. The van der Waals surface area contributed by atoms with Gasteiger partial charge in [0.2, 0.25) is 0 Å². The number of aryl methyl sites for hydroxylation is 1. The zero-order chi connectivity index (χ0) is 22.3. The summed E-state index contributed by atoms with van der Waals surface area (Å²) in [7, 11) is 0. The summed E-state index contributed by atoms with van der Waals surface area (Å²) in [5, 5.41) is 8.63. The summed E-state index contributed by atoms with van der Waals surface area (Å²) < 4.78 is 6.91. The van der Waals surface area contributed by atoms with Gasteiger partial charge in [0.1, 0.15) is 0 Å². The molecule has 3 aromatic rings. The molecule has 2 heterocycles. The second-order valence-corrected chi connectivity index (χ2v) is 8.05. The Morgan fingerprint density at radius 3 is 2.50 bits per heavy atom. The topological polar surface area (TPSA) is 76.5 Å². The second kappa shape index (κ2) is 10.4. The number of unbranched alkanes of at least 4 members (excludes halogenated alkanes) is 3. The second-order valence-electron chi connectivity index (χ2n) is 8.05. The Hall–Kier alpha value is -3.19. The first kappa shape index (κ1) is 22.0. The summed E-state index contributed by atoms with van der Waals surface area (Å²) in [6.45, 7) is 5.54. The Labute approximate surface area is 188 Å². The van der Waals surface area contributed by atoms with Crippen LogP contribution in [-0.2, 0) is 11.3 Å². The van der Waals surface area contributed by atoms with Gasteiger partial charge in [-0.15, -0.1) is 0 Å². The number of morpholine rings is 1. The summed E-state index contributed by atoms with van der Waals surface area (Å²) in [5.41, 5.74) is 1.81. The molecule has 1 fully saturated rings. The highest BCUT2D eigenvalue weighted by molar-refractivity contribution is 6.12. The molecule has 0 aliphatic carbocycles. The van der Waals surface area contributed by atoms with E-state index in [2.05, 4.69) is 22.2 Å². The van der Waals surface area contributed by atoms with E-state index in [0.29, 0.717) is 30.5 Å². The molecule has 2 aromatic carbocycles. The van der Waals surface area contributed by atoms with Crippen LogP contribution in [0.2, 0.25) is 0 Å². The van der Waals surface area contributed by atoms with Gasteiger partial charge in [-0.1, -0.05) is 56.5 Å². The smallest absolute Gasteiger partial charge is 0.276 e. The fourth-order valence-corrected chi connectivity index (χ4v) is 4.08. The van der Waals surface area contributed by atoms with E-state index in [4.69, 9.17) is 4.74 Å². The van der Waals surface area contributed by atoms with Crippen molar-refractivity contribution in [2.24, 2.45) is 0 Å². The Morgan fingerprint density at radius 1 is 1.00 bits per heavy atom. The standard InChI is InChI=1S/C25H30N4O3/c1-2-3-4-9-14-29-25(31)20-11-6-5-10-19(20)23(27-29)24(30)26-21-12-7-8-13-22(21)28-15-17-32-18-16-28/h5-8,10-13H,2-4,9,14-18H2,1H3,(H,26,30). The number of para-hydroxylation sites is 2. The van der Waals surface area contributed by atoms with Crippen LogP contribution >= 0.6 is 0 Å². The largest absolute Gasteiger partial charge is 0.378 e. The molecule has 0 spiro atoms. The van der Waals surface area contributed by atoms with Gasteiger partial charge in [-0.25, -0.2) is 4.68 Å². The van der Waals surface area contributed by atoms with Crippen LogP contribution in [0.3, 0.4) is 0 Å². The van der Waals surface area contributed by atoms with Crippen molar-refractivity contribution >= 4 is 28.1 Å². The maximum absolute atomic E-state index is 13.4. The lowest BCUT2D eigenvalue weighted by molar-refractivity contribution is 0.102. The van der Waals surface area contributed by atoms with Crippen LogP contribution in [0.5, 0.6) is 0 Å². The summed E-state index contributed by atoms with van der Waals surface area (Å²) in [5.74, 6) is -0.316. The number of hydrogen-bond acceptors (Lipinski definition) is 5. The van der Waals surface area contributed by atoms with Gasteiger partial charge in [0.25, 0.3) is 11.5 Å². The number of benzene rings is 2. The van der Waals surface area contributed by atoms with Crippen molar-refractivity contribution in [2.45, 2.75) is 39.2 Å². The highest BCUT2D eigenvalue weighted by Crippen LogP contribution is 2.27. The number of nitrogens with one attached hydrogen (secondary N) is 1. The van der Waals surface area contributed by atoms with Crippen molar-refractivity contribution < 1.29 is 9.53 Å². The highest BCUT2D eigenvalue weighted by atomic mass is 16.5. The Balaban J connectivity index is 1.65. The highest BCUT2D eigenvalue weighted by Gasteiger charge is 2.20. The van der Waals surface area contributed by atoms with Crippen molar-refractivity contribution in [3.8, 4) is 0 Å². The predicted molar refractivity (Wildman–Crippen MR) is 128 cm³/mol. The van der Waals surface area contributed by atoms with E-state index in [1.807, 2.05) is 36.4 Å². The lowest BCUT2D eigenvalue weighted by Crippen LogP contribution is -2.36. The maximum Gasteiger partial charge on any atom is 0.276 e. The first-order valence-electron chi connectivity index (χ1n) is 11.4. The minimum atomic E-state index is -0.316. The third-order valence-electron chi connectivity index (χ3n) is 5.81. The van der Waals surface area contributed by atoms with E-state index in [9.17, 15) is 9.59 Å². The van der Waals surface area contributed by atoms with Crippen molar-refractivity contribution in [2.75, 3.05) is 36.5 Å². The normalized spacial score (nSPS) is 14.0. The molecule has 7 nitrogen and oxygen atoms in total. The van der Waals surface area contributed by atoms with E-state index < -0.39 is 0 Å². The molecule has 4 rings (SSSR count). The maximum atomic E-state index is 13.4. The quantitative estimate of drug-likeness (QED) is 0.541. The van der Waals surface area contributed by atoms with Crippen LogP contribution in [-0.4, -0.2) is 42.0 Å². The number of nitrogens with zero attached hydrogens (tertiary/aromatic N) is 3. The number of hydrogen-bond donors (Lipinski definition) is 1. The molecule has 1 aromatic heterocycles. The summed E-state index contributed by atoms with van der Waals surface area (Å²) in [6, 6.07) is 15.0. The number of rotatable bonds is 8. The summed E-state index contributed by atoms with van der Waals surface area (Å²) in [6.07, 6.45) is 4.14. The van der Waals surface area contributed by atoms with Gasteiger partial charge in [-0.2, -0.15) is 5.10 Å². The van der Waals surface area contributed by atoms with Crippen LogP contribution in [0.4, 0.5) is 11.4 Å². The van der Waals surface area contributed by atoms with Gasteiger partial charge in [0, 0.05) is 25.0 Å². The number of aromatic nitrogens is 2. The molecule has 1 saturated heterocycles. The van der Waals surface area contributed by atoms with Crippen molar-refractivity contribution in [3.63, 3.8) is 0 Å². The lowest BCUT2D eigenvalue weighted by Gasteiger charge is -2.30. The zero-order valence-corrected chi connectivity index (χ0v) is 18.5. The third-order valence-corrected chi connectivity index (χ3v) is 5.81. The Morgan fingerprint density at radius 2 is 1.72 bits per heavy atom. The van der Waals surface area contributed by atoms with Gasteiger partial charge in [-0.3, -0.25) is 9.59 Å². The number of ether oxygens (including phenoxy) is 1. The van der Waals surface area contributed by atoms with Crippen molar-refractivity contribution in [1.29, 1.82) is 0 Å². The first-order chi connectivity index (χ1) is 15.7. The van der Waals surface area contributed by atoms with Gasteiger partial charge >= 0.3 is 0 Å². The van der Waals surface area contributed by atoms with Gasteiger partial charge in [0.05, 0.1) is 30.0 Å². The summed E-state index contributed by atoms with van der Waals surface area (Å²) in [4.78, 5) is 28.5. The van der Waals surface area contributed by atoms with Gasteiger partial charge in [-0.05, 0) is 24.6 Å². The monoisotopic (exact) mass is 434 g/mol. The molecule has 32 heavy (non-hydrogen) atoms. The van der Waals surface area contributed by atoms with E-state index in [1.54, 1.807) is 12.1 Å². The molecule has 0 unspecified atom stereocenters. The number of fused-ring (bicyclic) bond motifs is 1. The molecule has 1 amide bonds. The van der Waals surface area contributed by atoms with Crippen LogP contribution in [0, 0.1) is 0 Å². The number of carbonyl (C=O) groups excluding carboxylic acids is 1. The molecule has 168 valence electrons. The Kier molecular flexibility index (Phi) is 7.17. The van der Waals surface area contributed by atoms with E-state index in [-0.39, 0.29) is 17.2 Å². The Bertz CT molecular complexity index is 1140. The average molecular weight is 435 g/mol. The molecule has 0 saturated carbocycles.